The maximum atomic E-state index is 10.8. The van der Waals surface area contributed by atoms with Crippen molar-refractivity contribution in [3.8, 4) is 0 Å². The fourth-order valence-corrected chi connectivity index (χ4v) is 4.14. The van der Waals surface area contributed by atoms with Gasteiger partial charge in [0.2, 0.25) is 6.29 Å². The molecular weight excluding hydrogens is 376 g/mol. The highest BCUT2D eigenvalue weighted by atomic mass is 35.5. The Morgan fingerprint density at radius 2 is 1.73 bits per heavy atom. The molecule has 1 saturated heterocycles. The van der Waals surface area contributed by atoms with Crippen LogP contribution in [0.25, 0.3) is 0 Å². The van der Waals surface area contributed by atoms with Gasteiger partial charge in [-0.25, -0.2) is 0 Å². The summed E-state index contributed by atoms with van der Waals surface area (Å²) in [4.78, 5) is 0. The summed E-state index contributed by atoms with van der Waals surface area (Å²) in [5.74, 6) is -1.26. The van der Waals surface area contributed by atoms with E-state index < -0.39 is 72.2 Å². The van der Waals surface area contributed by atoms with Crippen molar-refractivity contribution in [2.75, 3.05) is 6.61 Å². The Morgan fingerprint density at radius 1 is 1.08 bits per heavy atom. The molecule has 0 aromatic carbocycles. The molecule has 150 valence electrons. The van der Waals surface area contributed by atoms with Gasteiger partial charge in [-0.15, -0.1) is 11.6 Å². The molecule has 7 N–H and O–H groups in total. The number of fused-ring (bicyclic) bond motifs is 1. The van der Waals surface area contributed by atoms with Gasteiger partial charge in [0.15, 0.2) is 6.29 Å². The van der Waals surface area contributed by atoms with Gasteiger partial charge in [-0.3, -0.25) is 0 Å². The molecule has 3 aliphatic rings. The standard InChI is InChI=1S/C15H23ClO10/c1-14(22)9-13(24-3-2-15(9,23)11(21)10(14)16)26-12-8(20)7(19)6(18)5(4-17)25-12/h2-3,5-13,17-23H,4H2,1H3/t5-,6-,7+,8-,9+,10+,11+,12+,13-,14+,15-/m1/s1. The van der Waals surface area contributed by atoms with Crippen molar-refractivity contribution in [2.45, 2.75) is 66.6 Å². The van der Waals surface area contributed by atoms with Crippen LogP contribution in [0.3, 0.4) is 0 Å². The molecule has 11 heteroatoms. The molecule has 0 aromatic rings. The van der Waals surface area contributed by atoms with Crippen LogP contribution in [-0.2, 0) is 14.2 Å². The Bertz CT molecular complexity index is 557. The Balaban J connectivity index is 1.85. The lowest BCUT2D eigenvalue weighted by Crippen LogP contribution is -2.62. The lowest BCUT2D eigenvalue weighted by Gasteiger charge is -2.45. The fourth-order valence-electron chi connectivity index (χ4n) is 3.80. The number of halogens is 1. The van der Waals surface area contributed by atoms with Gasteiger partial charge in [0.25, 0.3) is 0 Å². The maximum Gasteiger partial charge on any atom is 0.210 e. The van der Waals surface area contributed by atoms with Gasteiger partial charge in [-0.1, -0.05) is 0 Å². The van der Waals surface area contributed by atoms with Crippen molar-refractivity contribution in [1.82, 2.24) is 0 Å². The minimum absolute atomic E-state index is 0.649. The molecule has 2 fully saturated rings. The first kappa shape index (κ1) is 20.2. The van der Waals surface area contributed by atoms with Crippen molar-refractivity contribution >= 4 is 11.6 Å². The highest BCUT2D eigenvalue weighted by molar-refractivity contribution is 6.22. The van der Waals surface area contributed by atoms with Crippen molar-refractivity contribution in [3.63, 3.8) is 0 Å². The number of aliphatic hydroxyl groups is 7. The quantitative estimate of drug-likeness (QED) is 0.240. The molecule has 0 radical (unpaired) electrons. The van der Waals surface area contributed by atoms with E-state index in [0.29, 0.717) is 0 Å². The average Bonchev–Trinajstić information content (AvgIpc) is 2.73. The van der Waals surface area contributed by atoms with Crippen LogP contribution in [0.15, 0.2) is 12.3 Å². The number of rotatable bonds is 3. The van der Waals surface area contributed by atoms with Crippen LogP contribution in [0.4, 0.5) is 0 Å². The van der Waals surface area contributed by atoms with Gasteiger partial charge in [0.1, 0.15) is 36.1 Å². The summed E-state index contributed by atoms with van der Waals surface area (Å²) in [5.41, 5.74) is -3.79. The third kappa shape index (κ3) is 2.85. The molecule has 1 aliphatic carbocycles. The predicted octanol–water partition coefficient (Wildman–Crippen LogP) is -3.25. The fraction of sp³-hybridized carbons (Fsp3) is 0.867. The average molecular weight is 399 g/mol. The zero-order valence-electron chi connectivity index (χ0n) is 13.8. The molecule has 10 nitrogen and oxygen atoms in total. The number of hydrogen-bond donors (Lipinski definition) is 7. The molecule has 2 aliphatic heterocycles. The molecular formula is C15H23ClO10. The van der Waals surface area contributed by atoms with Crippen LogP contribution < -0.4 is 0 Å². The highest BCUT2D eigenvalue weighted by Crippen LogP contribution is 2.51. The van der Waals surface area contributed by atoms with Gasteiger partial charge < -0.3 is 50.0 Å². The van der Waals surface area contributed by atoms with Crippen LogP contribution in [0.2, 0.25) is 0 Å². The van der Waals surface area contributed by atoms with Crippen molar-refractivity contribution in [3.05, 3.63) is 12.3 Å². The van der Waals surface area contributed by atoms with E-state index in [0.717, 1.165) is 12.3 Å². The van der Waals surface area contributed by atoms with E-state index in [4.69, 9.17) is 25.8 Å². The second-order valence-electron chi connectivity index (χ2n) is 7.08. The summed E-state index contributed by atoms with van der Waals surface area (Å²) in [5, 5.41) is 69.4. The molecule has 26 heavy (non-hydrogen) atoms. The van der Waals surface area contributed by atoms with E-state index in [1.165, 1.54) is 6.92 Å². The van der Waals surface area contributed by atoms with E-state index in [9.17, 15) is 35.7 Å². The summed E-state index contributed by atoms with van der Waals surface area (Å²) in [7, 11) is 0. The Kier molecular flexibility index (Phi) is 5.30. The van der Waals surface area contributed by atoms with Crippen molar-refractivity contribution in [2.24, 2.45) is 5.92 Å². The lowest BCUT2D eigenvalue weighted by atomic mass is 9.81. The predicted molar refractivity (Wildman–Crippen MR) is 83.6 cm³/mol. The summed E-state index contributed by atoms with van der Waals surface area (Å²) in [6.45, 7) is 0.645. The normalized spacial score (nSPS) is 56.9. The molecule has 0 amide bonds. The molecule has 0 unspecified atom stereocenters. The van der Waals surface area contributed by atoms with Gasteiger partial charge in [0.05, 0.1) is 29.8 Å². The molecule has 2 heterocycles. The minimum atomic E-state index is -1.97. The molecule has 1 saturated carbocycles. The third-order valence-corrected chi connectivity index (χ3v) is 6.05. The third-order valence-electron chi connectivity index (χ3n) is 5.37. The molecule has 0 aromatic heterocycles. The first-order chi connectivity index (χ1) is 12.1. The maximum absolute atomic E-state index is 10.8. The zero-order valence-corrected chi connectivity index (χ0v) is 14.5. The van der Waals surface area contributed by atoms with Crippen LogP contribution in [0.1, 0.15) is 6.92 Å². The van der Waals surface area contributed by atoms with E-state index in [1.54, 1.807) is 0 Å². The summed E-state index contributed by atoms with van der Waals surface area (Å²) in [6.07, 6.45) is -8.42. The van der Waals surface area contributed by atoms with E-state index >= 15 is 0 Å². The van der Waals surface area contributed by atoms with Gasteiger partial charge >= 0.3 is 0 Å². The smallest absolute Gasteiger partial charge is 0.210 e. The monoisotopic (exact) mass is 398 g/mol. The highest BCUT2D eigenvalue weighted by Gasteiger charge is 2.68. The van der Waals surface area contributed by atoms with Gasteiger partial charge in [-0.05, 0) is 13.0 Å². The zero-order chi connectivity index (χ0) is 19.4. The summed E-state index contributed by atoms with van der Waals surface area (Å²) >= 11 is 6.05. The molecule has 0 spiro atoms. The second-order valence-corrected chi connectivity index (χ2v) is 7.55. The first-order valence-corrected chi connectivity index (χ1v) is 8.55. The topological polar surface area (TPSA) is 169 Å². The van der Waals surface area contributed by atoms with Crippen LogP contribution >= 0.6 is 11.6 Å². The Morgan fingerprint density at radius 3 is 2.35 bits per heavy atom. The first-order valence-electron chi connectivity index (χ1n) is 8.11. The Hall–Kier alpha value is -0.530. The summed E-state index contributed by atoms with van der Waals surface area (Å²) < 4.78 is 16.0. The number of alkyl halides is 1. The number of aliphatic hydroxyl groups excluding tert-OH is 5. The van der Waals surface area contributed by atoms with Crippen LogP contribution in [0.5, 0.6) is 0 Å². The van der Waals surface area contributed by atoms with E-state index in [2.05, 4.69) is 0 Å². The molecule has 3 rings (SSSR count). The molecule has 0 bridgehead atoms. The molecule has 11 atom stereocenters. The van der Waals surface area contributed by atoms with Crippen molar-refractivity contribution < 1.29 is 50.0 Å². The van der Waals surface area contributed by atoms with Gasteiger partial charge in [0, 0.05) is 0 Å². The second kappa shape index (κ2) is 6.82. The number of ether oxygens (including phenoxy) is 3. The van der Waals surface area contributed by atoms with E-state index in [1.807, 2.05) is 0 Å². The summed E-state index contributed by atoms with van der Waals surface area (Å²) in [6, 6.07) is 0. The minimum Gasteiger partial charge on any atom is -0.472 e. The van der Waals surface area contributed by atoms with Crippen molar-refractivity contribution in [1.29, 1.82) is 0 Å². The Labute approximate surface area is 153 Å². The number of hydrogen-bond acceptors (Lipinski definition) is 10. The SMILES string of the molecule is C[C@@]1(O)[C@@H](Cl)[C@H](O)[C@@]2(O)C=CO[C@H](O[C@@H]3O[C@H](CO)[C@@H](O)[C@H](O)[C@H]3O)[C@@H]12. The van der Waals surface area contributed by atoms with Crippen LogP contribution in [-0.4, -0.2) is 102 Å². The lowest BCUT2D eigenvalue weighted by molar-refractivity contribution is -0.351. The van der Waals surface area contributed by atoms with Crippen LogP contribution in [0, 0.1) is 5.92 Å². The van der Waals surface area contributed by atoms with Gasteiger partial charge in [-0.2, -0.15) is 0 Å². The van der Waals surface area contributed by atoms with E-state index in [-0.39, 0.29) is 0 Å². The largest absolute Gasteiger partial charge is 0.472 e.